The van der Waals surface area contributed by atoms with Crippen LogP contribution in [0.2, 0.25) is 0 Å². The van der Waals surface area contributed by atoms with Gasteiger partial charge in [-0.1, -0.05) is 41.9 Å². The van der Waals surface area contributed by atoms with Crippen molar-refractivity contribution in [3.05, 3.63) is 35.9 Å². The summed E-state index contributed by atoms with van der Waals surface area (Å²) >= 11 is 5.55. The number of aliphatic imine (C=N–C) groups is 1. The maximum atomic E-state index is 11.3. The summed E-state index contributed by atoms with van der Waals surface area (Å²) < 4.78 is 0. The van der Waals surface area contributed by atoms with Gasteiger partial charge in [0, 0.05) is 12.6 Å². The van der Waals surface area contributed by atoms with Gasteiger partial charge in [0.25, 0.3) is 0 Å². The first-order chi connectivity index (χ1) is 5.75. The van der Waals surface area contributed by atoms with Gasteiger partial charge >= 0.3 is 0 Å². The van der Waals surface area contributed by atoms with Gasteiger partial charge in [-0.05, 0) is 0 Å². The molecule has 0 atom stereocenters. The van der Waals surface area contributed by atoms with Crippen LogP contribution in [0.4, 0.5) is 0 Å². The third-order valence-corrected chi connectivity index (χ3v) is 1.76. The van der Waals surface area contributed by atoms with Gasteiger partial charge in [0.05, 0.1) is 0 Å². The molecule has 3 heteroatoms. The first-order valence-corrected chi connectivity index (χ1v) is 3.85. The molecule has 0 unspecified atom stereocenters. The second-order valence-electron chi connectivity index (χ2n) is 2.21. The maximum Gasteiger partial charge on any atom is 0.222 e. The highest BCUT2D eigenvalue weighted by Gasteiger charge is 2.08. The van der Waals surface area contributed by atoms with Crippen LogP contribution in [0, 0.1) is 0 Å². The van der Waals surface area contributed by atoms with E-state index in [1.54, 1.807) is 24.3 Å². The third kappa shape index (κ3) is 1.92. The molecule has 1 aromatic rings. The van der Waals surface area contributed by atoms with Crippen LogP contribution in [0.15, 0.2) is 35.3 Å². The van der Waals surface area contributed by atoms with Crippen molar-refractivity contribution < 1.29 is 4.79 Å². The number of hydrogen-bond acceptors (Lipinski definition) is 2. The van der Waals surface area contributed by atoms with Crippen molar-refractivity contribution in [3.8, 4) is 0 Å². The second kappa shape index (κ2) is 4.02. The van der Waals surface area contributed by atoms with Crippen molar-refractivity contribution in [1.29, 1.82) is 0 Å². The first kappa shape index (κ1) is 8.94. The minimum atomic E-state index is -0.236. The van der Waals surface area contributed by atoms with Gasteiger partial charge in [-0.25, -0.2) is 0 Å². The number of halogens is 1. The Balaban J connectivity index is 2.94. The number of hydrogen-bond donors (Lipinski definition) is 0. The number of ketones is 1. The molecule has 0 N–H and O–H groups in total. The molecule has 0 spiro atoms. The Morgan fingerprint density at radius 3 is 2.42 bits per heavy atom. The molecule has 0 fully saturated rings. The summed E-state index contributed by atoms with van der Waals surface area (Å²) in [7, 11) is 1.49. The van der Waals surface area contributed by atoms with Gasteiger partial charge in [0.1, 0.15) is 0 Å². The molecule has 12 heavy (non-hydrogen) atoms. The smallest absolute Gasteiger partial charge is 0.222 e. The molecular formula is C9H8ClNO. The highest BCUT2D eigenvalue weighted by Crippen LogP contribution is 2.03. The van der Waals surface area contributed by atoms with Crippen LogP contribution in [0.25, 0.3) is 0 Å². The van der Waals surface area contributed by atoms with E-state index in [1.807, 2.05) is 6.07 Å². The summed E-state index contributed by atoms with van der Waals surface area (Å²) in [6.07, 6.45) is 0. The summed E-state index contributed by atoms with van der Waals surface area (Å²) in [6.45, 7) is 0. The summed E-state index contributed by atoms with van der Waals surface area (Å²) in [5, 5.41) is 0.0150. The fraction of sp³-hybridized carbons (Fsp3) is 0.111. The number of benzene rings is 1. The van der Waals surface area contributed by atoms with Gasteiger partial charge < -0.3 is 0 Å². The Bertz CT molecular complexity index is 306. The average Bonchev–Trinajstić information content (AvgIpc) is 2.17. The lowest BCUT2D eigenvalue weighted by atomic mass is 10.1. The van der Waals surface area contributed by atoms with Crippen LogP contribution < -0.4 is 0 Å². The molecule has 0 aliphatic heterocycles. The maximum absolute atomic E-state index is 11.3. The van der Waals surface area contributed by atoms with E-state index in [9.17, 15) is 4.79 Å². The van der Waals surface area contributed by atoms with E-state index in [-0.39, 0.29) is 11.0 Å². The van der Waals surface area contributed by atoms with Gasteiger partial charge in [-0.2, -0.15) is 0 Å². The van der Waals surface area contributed by atoms with E-state index in [0.29, 0.717) is 5.56 Å². The largest absolute Gasteiger partial charge is 0.286 e. The van der Waals surface area contributed by atoms with Crippen LogP contribution in [-0.2, 0) is 0 Å². The number of carbonyl (C=O) groups excluding carboxylic acids is 1. The van der Waals surface area contributed by atoms with Crippen LogP contribution in [0.3, 0.4) is 0 Å². The summed E-state index contributed by atoms with van der Waals surface area (Å²) in [5.41, 5.74) is 0.563. The van der Waals surface area contributed by atoms with E-state index in [2.05, 4.69) is 4.99 Å². The van der Waals surface area contributed by atoms with Crippen LogP contribution in [0.5, 0.6) is 0 Å². The zero-order chi connectivity index (χ0) is 8.97. The molecule has 0 heterocycles. The number of nitrogens with zero attached hydrogens (tertiary/aromatic N) is 1. The molecular weight excluding hydrogens is 174 g/mol. The van der Waals surface area contributed by atoms with E-state index >= 15 is 0 Å². The monoisotopic (exact) mass is 181 g/mol. The van der Waals surface area contributed by atoms with Crippen LogP contribution in [-0.4, -0.2) is 18.0 Å². The average molecular weight is 182 g/mol. The van der Waals surface area contributed by atoms with Gasteiger partial charge in [-0.15, -0.1) is 0 Å². The Morgan fingerprint density at radius 2 is 1.92 bits per heavy atom. The Labute approximate surface area is 75.9 Å². The molecule has 0 radical (unpaired) electrons. The number of carbonyl (C=O) groups is 1. The number of Topliss-reactive ketones (excluding diaryl/α,β-unsaturated/α-hetero) is 1. The fourth-order valence-electron chi connectivity index (χ4n) is 0.810. The number of rotatable bonds is 2. The van der Waals surface area contributed by atoms with Crippen molar-refractivity contribution in [2.75, 3.05) is 7.05 Å². The summed E-state index contributed by atoms with van der Waals surface area (Å²) in [5.74, 6) is -0.236. The lowest BCUT2D eigenvalue weighted by molar-refractivity contribution is 0.106. The van der Waals surface area contributed by atoms with Crippen LogP contribution in [0.1, 0.15) is 10.4 Å². The van der Waals surface area contributed by atoms with Crippen molar-refractivity contribution in [1.82, 2.24) is 0 Å². The molecule has 0 saturated heterocycles. The molecule has 62 valence electrons. The predicted molar refractivity (Wildman–Crippen MR) is 50.0 cm³/mol. The minimum absolute atomic E-state index is 0.0150. The molecule has 0 saturated carbocycles. The SMILES string of the molecule is C/N=C(\Cl)C(=O)c1ccccc1. The van der Waals surface area contributed by atoms with Crippen molar-refractivity contribution in [2.24, 2.45) is 4.99 Å². The van der Waals surface area contributed by atoms with Gasteiger partial charge in [0.15, 0.2) is 5.17 Å². The van der Waals surface area contributed by atoms with E-state index in [4.69, 9.17) is 11.6 Å². The quantitative estimate of drug-likeness (QED) is 0.508. The normalized spacial score (nSPS) is 11.3. The lowest BCUT2D eigenvalue weighted by Gasteiger charge is -1.95. The van der Waals surface area contributed by atoms with Crippen molar-refractivity contribution in [2.45, 2.75) is 0 Å². The van der Waals surface area contributed by atoms with Gasteiger partial charge in [-0.3, -0.25) is 9.79 Å². The highest BCUT2D eigenvalue weighted by molar-refractivity contribution is 6.84. The molecule has 1 rings (SSSR count). The van der Waals surface area contributed by atoms with Crippen LogP contribution >= 0.6 is 11.6 Å². The summed E-state index contributed by atoms with van der Waals surface area (Å²) in [6, 6.07) is 8.82. The molecule has 0 bridgehead atoms. The molecule has 1 aromatic carbocycles. The van der Waals surface area contributed by atoms with Crippen molar-refractivity contribution in [3.63, 3.8) is 0 Å². The van der Waals surface area contributed by atoms with E-state index in [0.717, 1.165) is 0 Å². The minimum Gasteiger partial charge on any atom is -0.286 e. The molecule has 0 aliphatic carbocycles. The Morgan fingerprint density at radius 1 is 1.33 bits per heavy atom. The standard InChI is InChI=1S/C9H8ClNO/c1-11-9(10)8(12)7-5-3-2-4-6-7/h2-6H,1H3/b11-9-. The fourth-order valence-corrected chi connectivity index (χ4v) is 0.919. The third-order valence-electron chi connectivity index (χ3n) is 1.42. The molecule has 0 aromatic heterocycles. The highest BCUT2D eigenvalue weighted by atomic mass is 35.5. The van der Waals surface area contributed by atoms with E-state index in [1.165, 1.54) is 7.05 Å². The van der Waals surface area contributed by atoms with Gasteiger partial charge in [0.2, 0.25) is 5.78 Å². The Hall–Kier alpha value is -1.15. The first-order valence-electron chi connectivity index (χ1n) is 3.47. The topological polar surface area (TPSA) is 29.4 Å². The Kier molecular flexibility index (Phi) is 3.00. The molecule has 0 amide bonds. The van der Waals surface area contributed by atoms with Crippen molar-refractivity contribution >= 4 is 22.6 Å². The zero-order valence-corrected chi connectivity index (χ0v) is 7.38. The molecule has 2 nitrogen and oxygen atoms in total. The van der Waals surface area contributed by atoms with E-state index < -0.39 is 0 Å². The predicted octanol–water partition coefficient (Wildman–Crippen LogP) is 2.14. The molecule has 0 aliphatic rings. The second-order valence-corrected chi connectivity index (χ2v) is 2.57. The lowest BCUT2D eigenvalue weighted by Crippen LogP contribution is -2.07. The zero-order valence-electron chi connectivity index (χ0n) is 6.62. The summed E-state index contributed by atoms with van der Waals surface area (Å²) in [4.78, 5) is 14.9.